The Labute approximate surface area is 133 Å². The summed E-state index contributed by atoms with van der Waals surface area (Å²) in [7, 11) is -1.76. The molecule has 1 unspecified atom stereocenters. The number of hydrogen-bond donors (Lipinski definition) is 6. The van der Waals surface area contributed by atoms with Crippen molar-refractivity contribution in [1.29, 1.82) is 0 Å². The van der Waals surface area contributed by atoms with Gasteiger partial charge in [-0.25, -0.2) is 15.2 Å². The fourth-order valence-electron chi connectivity index (χ4n) is 2.23. The van der Waals surface area contributed by atoms with Crippen LogP contribution in [0.25, 0.3) is 0 Å². The second-order valence-electron chi connectivity index (χ2n) is 5.23. The summed E-state index contributed by atoms with van der Waals surface area (Å²) in [4.78, 5) is 22.8. The van der Waals surface area contributed by atoms with Crippen LogP contribution in [0.3, 0.4) is 0 Å². The molecule has 1 heterocycles. The maximum atomic E-state index is 12.0. The van der Waals surface area contributed by atoms with Crippen LogP contribution in [0.15, 0.2) is 30.3 Å². The lowest BCUT2D eigenvalue weighted by Gasteiger charge is -2.23. The Balaban J connectivity index is 1.86. The fraction of sp³-hybridized carbons (Fsp3) is 0.385. The minimum atomic E-state index is -1.76. The van der Waals surface area contributed by atoms with Gasteiger partial charge in [0.2, 0.25) is 5.91 Å². The van der Waals surface area contributed by atoms with E-state index in [4.69, 9.17) is 5.11 Å². The van der Waals surface area contributed by atoms with Crippen LogP contribution in [0.4, 0.5) is 0 Å². The molecule has 1 saturated heterocycles. The number of benzene rings is 1. The van der Waals surface area contributed by atoms with Gasteiger partial charge >= 0.3 is 13.1 Å². The molecule has 0 aromatic heterocycles. The minimum Gasteiger partial charge on any atom is -0.479 e. The number of carboxylic acid groups (broad SMARTS) is 1. The van der Waals surface area contributed by atoms with Crippen LogP contribution < -0.4 is 16.1 Å². The van der Waals surface area contributed by atoms with Gasteiger partial charge in [0.25, 0.3) is 0 Å². The fourth-order valence-corrected chi connectivity index (χ4v) is 2.23. The minimum absolute atomic E-state index is 0.0367. The molecule has 1 aliphatic heterocycles. The summed E-state index contributed by atoms with van der Waals surface area (Å²) >= 11 is 0. The first-order valence-electron chi connectivity index (χ1n) is 7.12. The highest BCUT2D eigenvalue weighted by Crippen LogP contribution is 2.02. The van der Waals surface area contributed by atoms with Gasteiger partial charge in [-0.2, -0.15) is 0 Å². The molecule has 1 aliphatic rings. The highest BCUT2D eigenvalue weighted by Gasteiger charge is 2.32. The van der Waals surface area contributed by atoms with E-state index in [2.05, 4.69) is 16.1 Å². The number of nitrogens with one attached hydrogen (secondary N) is 3. The Kier molecular flexibility index (Phi) is 6.08. The molecule has 1 fully saturated rings. The van der Waals surface area contributed by atoms with Crippen molar-refractivity contribution >= 4 is 19.0 Å². The van der Waals surface area contributed by atoms with E-state index in [0.717, 1.165) is 5.56 Å². The molecule has 1 aromatic rings. The summed E-state index contributed by atoms with van der Waals surface area (Å²) in [6, 6.07) is 9.06. The molecule has 0 aliphatic carbocycles. The van der Waals surface area contributed by atoms with E-state index in [1.165, 1.54) is 5.01 Å². The predicted octanol–water partition coefficient (Wildman–Crippen LogP) is -2.50. The van der Waals surface area contributed by atoms with Crippen molar-refractivity contribution in [2.45, 2.75) is 18.5 Å². The largest absolute Gasteiger partial charge is 0.479 e. The lowest BCUT2D eigenvalue weighted by Crippen LogP contribution is -2.55. The zero-order valence-electron chi connectivity index (χ0n) is 12.3. The molecule has 124 valence electrons. The van der Waals surface area contributed by atoms with E-state index >= 15 is 0 Å². The molecule has 2 rings (SSSR count). The SMILES string of the molecule is O=C(Cc1ccccc1)N[C@H](CN1CNC(C(=O)O)N1)B(O)O. The molecule has 10 heteroatoms. The van der Waals surface area contributed by atoms with Crippen molar-refractivity contribution in [3.63, 3.8) is 0 Å². The van der Waals surface area contributed by atoms with Gasteiger partial charge in [0.05, 0.1) is 19.0 Å². The van der Waals surface area contributed by atoms with Gasteiger partial charge in [-0.3, -0.25) is 10.1 Å². The van der Waals surface area contributed by atoms with Gasteiger partial charge in [0.15, 0.2) is 6.17 Å². The molecule has 0 radical (unpaired) electrons. The van der Waals surface area contributed by atoms with E-state index in [1.54, 1.807) is 12.1 Å². The molecule has 0 spiro atoms. The lowest BCUT2D eigenvalue weighted by atomic mass is 9.79. The van der Waals surface area contributed by atoms with Gasteiger partial charge in [0, 0.05) is 6.54 Å². The maximum Gasteiger partial charge on any atom is 0.476 e. The Morgan fingerprint density at radius 3 is 2.61 bits per heavy atom. The van der Waals surface area contributed by atoms with E-state index < -0.39 is 25.2 Å². The van der Waals surface area contributed by atoms with Crippen LogP contribution in [0.5, 0.6) is 0 Å². The molecule has 0 bridgehead atoms. The van der Waals surface area contributed by atoms with Crippen molar-refractivity contribution in [1.82, 2.24) is 21.1 Å². The number of carboxylic acids is 1. The number of hydrogen-bond acceptors (Lipinski definition) is 7. The average molecular weight is 322 g/mol. The third-order valence-electron chi connectivity index (χ3n) is 3.38. The zero-order valence-corrected chi connectivity index (χ0v) is 12.3. The number of aliphatic carboxylic acids is 1. The van der Waals surface area contributed by atoms with Crippen LogP contribution in [0, 0.1) is 0 Å². The standard InChI is InChI=1S/C13H19BN4O5/c19-11(6-9-4-2-1-3-5-9)16-10(14(22)23)7-18-8-15-12(17-18)13(20)21/h1-5,10,12,15,17,22-23H,6-8H2,(H,16,19)(H,20,21)/t10-,12?/m1/s1. The highest BCUT2D eigenvalue weighted by atomic mass is 16.4. The van der Waals surface area contributed by atoms with Crippen molar-refractivity contribution in [2.75, 3.05) is 13.2 Å². The summed E-state index contributed by atoms with van der Waals surface area (Å²) in [5, 5.41) is 34.4. The molecular formula is C13H19BN4O5. The van der Waals surface area contributed by atoms with Crippen LogP contribution in [-0.4, -0.2) is 64.5 Å². The lowest BCUT2D eigenvalue weighted by molar-refractivity contribution is -0.140. The van der Waals surface area contributed by atoms with Crippen molar-refractivity contribution in [2.24, 2.45) is 0 Å². The third kappa shape index (κ3) is 5.30. The van der Waals surface area contributed by atoms with Gasteiger partial charge in [0.1, 0.15) is 0 Å². The first-order chi connectivity index (χ1) is 11.0. The normalized spacial score (nSPS) is 19.3. The predicted molar refractivity (Wildman–Crippen MR) is 81.5 cm³/mol. The molecule has 0 saturated carbocycles. The van der Waals surface area contributed by atoms with Gasteiger partial charge in [-0.15, -0.1) is 0 Å². The third-order valence-corrected chi connectivity index (χ3v) is 3.38. The smallest absolute Gasteiger partial charge is 0.476 e. The quantitative estimate of drug-likeness (QED) is 0.304. The van der Waals surface area contributed by atoms with E-state index in [-0.39, 0.29) is 25.5 Å². The molecule has 6 N–H and O–H groups in total. The summed E-state index contributed by atoms with van der Waals surface area (Å²) in [6.07, 6.45) is -0.820. The summed E-state index contributed by atoms with van der Waals surface area (Å²) < 4.78 is 0. The van der Waals surface area contributed by atoms with Crippen molar-refractivity contribution < 1.29 is 24.7 Å². The Morgan fingerprint density at radius 1 is 1.35 bits per heavy atom. The number of carbonyl (C=O) groups excluding carboxylic acids is 1. The number of amides is 1. The molecular weight excluding hydrogens is 303 g/mol. The van der Waals surface area contributed by atoms with E-state index in [9.17, 15) is 19.6 Å². The molecule has 1 aromatic carbocycles. The van der Waals surface area contributed by atoms with Crippen LogP contribution >= 0.6 is 0 Å². The monoisotopic (exact) mass is 322 g/mol. The first-order valence-corrected chi connectivity index (χ1v) is 7.12. The van der Waals surface area contributed by atoms with Gasteiger partial charge in [-0.1, -0.05) is 30.3 Å². The van der Waals surface area contributed by atoms with Crippen molar-refractivity contribution in [3.8, 4) is 0 Å². The van der Waals surface area contributed by atoms with E-state index in [1.807, 2.05) is 18.2 Å². The van der Waals surface area contributed by atoms with Gasteiger partial charge < -0.3 is 20.5 Å². The molecule has 9 nitrogen and oxygen atoms in total. The van der Waals surface area contributed by atoms with Gasteiger partial charge in [-0.05, 0) is 5.56 Å². The summed E-state index contributed by atoms with van der Waals surface area (Å²) in [5.74, 6) is -2.37. The highest BCUT2D eigenvalue weighted by molar-refractivity contribution is 6.43. The number of hydrazine groups is 1. The van der Waals surface area contributed by atoms with Crippen molar-refractivity contribution in [3.05, 3.63) is 35.9 Å². The van der Waals surface area contributed by atoms with Crippen LogP contribution in [0.1, 0.15) is 5.56 Å². The number of carbonyl (C=O) groups is 2. The maximum absolute atomic E-state index is 12.0. The topological polar surface area (TPSA) is 134 Å². The Morgan fingerprint density at radius 2 is 2.04 bits per heavy atom. The summed E-state index contributed by atoms with van der Waals surface area (Å²) in [5.41, 5.74) is 3.46. The van der Waals surface area contributed by atoms with Crippen LogP contribution in [0.2, 0.25) is 0 Å². The Bertz CT molecular complexity index is 544. The second-order valence-corrected chi connectivity index (χ2v) is 5.23. The number of nitrogens with zero attached hydrogens (tertiary/aromatic N) is 1. The number of rotatable bonds is 7. The average Bonchev–Trinajstić information content (AvgIpc) is 2.96. The summed E-state index contributed by atoms with van der Waals surface area (Å²) in [6.45, 7) is 0.240. The first kappa shape index (κ1) is 17.4. The molecule has 1 amide bonds. The van der Waals surface area contributed by atoms with E-state index in [0.29, 0.717) is 0 Å². The molecule has 2 atom stereocenters. The second kappa shape index (κ2) is 8.04. The zero-order chi connectivity index (χ0) is 16.8. The molecule has 23 heavy (non-hydrogen) atoms. The van der Waals surface area contributed by atoms with Crippen LogP contribution in [-0.2, 0) is 16.0 Å². The Hall–Kier alpha value is -1.98.